The van der Waals surface area contributed by atoms with Crippen LogP contribution in [0.15, 0.2) is 0 Å². The van der Waals surface area contributed by atoms with Gasteiger partial charge >= 0.3 is 5.97 Å². The molecule has 0 aromatic carbocycles. The standard InChI is InChI=1S/C7H9N3O3/c1-2-3-10-5(4-11)6(7(12)13)8-9-10/h4H,2-3H2,1H3,(H,12,13). The summed E-state index contributed by atoms with van der Waals surface area (Å²) in [7, 11) is 0. The number of aryl methyl sites for hydroxylation is 1. The molecular weight excluding hydrogens is 174 g/mol. The molecule has 1 N–H and O–H groups in total. The molecule has 0 unspecified atom stereocenters. The van der Waals surface area contributed by atoms with E-state index in [4.69, 9.17) is 5.11 Å². The van der Waals surface area contributed by atoms with E-state index in [1.807, 2.05) is 6.92 Å². The molecule has 0 aliphatic carbocycles. The molecule has 0 amide bonds. The summed E-state index contributed by atoms with van der Waals surface area (Å²) in [4.78, 5) is 21.0. The fourth-order valence-electron chi connectivity index (χ4n) is 0.966. The number of hydrogen-bond donors (Lipinski definition) is 1. The first kappa shape index (κ1) is 9.37. The zero-order chi connectivity index (χ0) is 9.84. The molecule has 1 rings (SSSR count). The van der Waals surface area contributed by atoms with Gasteiger partial charge in [0.1, 0.15) is 5.69 Å². The Balaban J connectivity index is 3.10. The van der Waals surface area contributed by atoms with Gasteiger partial charge in [-0.05, 0) is 6.42 Å². The Morgan fingerprint density at radius 2 is 2.38 bits per heavy atom. The number of aldehydes is 1. The summed E-state index contributed by atoms with van der Waals surface area (Å²) in [5, 5.41) is 15.5. The second kappa shape index (κ2) is 3.79. The Hall–Kier alpha value is -1.72. The third kappa shape index (κ3) is 1.71. The maximum atomic E-state index is 10.5. The second-order valence-electron chi connectivity index (χ2n) is 2.47. The van der Waals surface area contributed by atoms with Gasteiger partial charge in [0, 0.05) is 6.54 Å². The molecule has 0 atom stereocenters. The highest BCUT2D eigenvalue weighted by atomic mass is 16.4. The van der Waals surface area contributed by atoms with Crippen LogP contribution in [0.5, 0.6) is 0 Å². The van der Waals surface area contributed by atoms with Crippen LogP contribution < -0.4 is 0 Å². The van der Waals surface area contributed by atoms with E-state index in [9.17, 15) is 9.59 Å². The van der Waals surface area contributed by atoms with E-state index < -0.39 is 5.97 Å². The fraction of sp³-hybridized carbons (Fsp3) is 0.429. The lowest BCUT2D eigenvalue weighted by Gasteiger charge is -1.97. The highest BCUT2D eigenvalue weighted by molar-refractivity contribution is 5.93. The molecule has 0 fully saturated rings. The van der Waals surface area contributed by atoms with Crippen molar-refractivity contribution in [2.75, 3.05) is 0 Å². The number of nitrogens with zero attached hydrogens (tertiary/aromatic N) is 3. The van der Waals surface area contributed by atoms with E-state index >= 15 is 0 Å². The summed E-state index contributed by atoms with van der Waals surface area (Å²) in [5.74, 6) is -1.23. The number of hydrogen-bond acceptors (Lipinski definition) is 4. The maximum absolute atomic E-state index is 10.5. The van der Waals surface area contributed by atoms with Crippen LogP contribution in [-0.2, 0) is 6.54 Å². The minimum absolute atomic E-state index is 0.0225. The largest absolute Gasteiger partial charge is 0.476 e. The third-order valence-corrected chi connectivity index (χ3v) is 1.52. The van der Waals surface area contributed by atoms with Crippen molar-refractivity contribution in [1.29, 1.82) is 0 Å². The number of aromatic nitrogens is 3. The van der Waals surface area contributed by atoms with Gasteiger partial charge in [-0.15, -0.1) is 5.10 Å². The van der Waals surface area contributed by atoms with Crippen molar-refractivity contribution in [2.45, 2.75) is 19.9 Å². The van der Waals surface area contributed by atoms with Crippen molar-refractivity contribution in [2.24, 2.45) is 0 Å². The molecule has 70 valence electrons. The fourth-order valence-corrected chi connectivity index (χ4v) is 0.966. The lowest BCUT2D eigenvalue weighted by molar-refractivity contribution is 0.0687. The van der Waals surface area contributed by atoms with Crippen molar-refractivity contribution < 1.29 is 14.7 Å². The summed E-state index contributed by atoms with van der Waals surface area (Å²) >= 11 is 0. The van der Waals surface area contributed by atoms with E-state index in [2.05, 4.69) is 10.3 Å². The molecule has 0 bridgehead atoms. The topological polar surface area (TPSA) is 85.1 Å². The predicted molar refractivity (Wildman–Crippen MR) is 42.7 cm³/mol. The summed E-state index contributed by atoms with van der Waals surface area (Å²) in [5.41, 5.74) is -0.266. The SMILES string of the molecule is CCCn1nnc(C(=O)O)c1C=O. The van der Waals surface area contributed by atoms with Gasteiger partial charge in [-0.2, -0.15) is 0 Å². The summed E-state index contributed by atoms with van der Waals surface area (Å²) in [6.45, 7) is 2.39. The molecule has 0 aliphatic heterocycles. The molecule has 1 aromatic rings. The number of carbonyl (C=O) groups is 2. The summed E-state index contributed by atoms with van der Waals surface area (Å²) in [6.07, 6.45) is 1.22. The Labute approximate surface area is 74.2 Å². The van der Waals surface area contributed by atoms with Crippen LogP contribution >= 0.6 is 0 Å². The van der Waals surface area contributed by atoms with Crippen LogP contribution in [0.4, 0.5) is 0 Å². The van der Waals surface area contributed by atoms with E-state index in [0.29, 0.717) is 12.8 Å². The Bertz CT molecular complexity index is 332. The van der Waals surface area contributed by atoms with E-state index in [-0.39, 0.29) is 11.4 Å². The maximum Gasteiger partial charge on any atom is 0.358 e. The lowest BCUT2D eigenvalue weighted by atomic mass is 10.3. The Morgan fingerprint density at radius 3 is 2.85 bits per heavy atom. The molecule has 0 radical (unpaired) electrons. The lowest BCUT2D eigenvalue weighted by Crippen LogP contribution is -2.07. The van der Waals surface area contributed by atoms with Gasteiger partial charge in [0.25, 0.3) is 0 Å². The molecule has 6 nitrogen and oxygen atoms in total. The molecule has 1 aromatic heterocycles. The van der Waals surface area contributed by atoms with Crippen LogP contribution in [0.3, 0.4) is 0 Å². The van der Waals surface area contributed by atoms with E-state index in [1.165, 1.54) is 4.68 Å². The van der Waals surface area contributed by atoms with Crippen LogP contribution in [0.1, 0.15) is 34.3 Å². The summed E-state index contributed by atoms with van der Waals surface area (Å²) in [6, 6.07) is 0. The van der Waals surface area contributed by atoms with Gasteiger partial charge in [0.2, 0.25) is 5.69 Å². The van der Waals surface area contributed by atoms with Gasteiger partial charge in [0.05, 0.1) is 0 Å². The number of aromatic carboxylic acids is 1. The normalized spacial score (nSPS) is 9.92. The van der Waals surface area contributed by atoms with Gasteiger partial charge in [0.15, 0.2) is 6.29 Å². The molecular formula is C7H9N3O3. The number of carboxylic acids is 1. The first-order valence-corrected chi connectivity index (χ1v) is 3.82. The van der Waals surface area contributed by atoms with Crippen molar-refractivity contribution in [1.82, 2.24) is 15.0 Å². The van der Waals surface area contributed by atoms with E-state index in [1.54, 1.807) is 0 Å². The zero-order valence-corrected chi connectivity index (χ0v) is 7.10. The molecule has 13 heavy (non-hydrogen) atoms. The molecule has 0 saturated carbocycles. The van der Waals surface area contributed by atoms with Gasteiger partial charge in [-0.25, -0.2) is 9.48 Å². The van der Waals surface area contributed by atoms with Crippen molar-refractivity contribution >= 4 is 12.3 Å². The van der Waals surface area contributed by atoms with Crippen LogP contribution in [0.25, 0.3) is 0 Å². The average molecular weight is 183 g/mol. The van der Waals surface area contributed by atoms with Crippen LogP contribution in [0.2, 0.25) is 0 Å². The highest BCUT2D eigenvalue weighted by Crippen LogP contribution is 2.02. The first-order chi connectivity index (χ1) is 6.20. The van der Waals surface area contributed by atoms with Crippen molar-refractivity contribution in [3.8, 4) is 0 Å². The molecule has 1 heterocycles. The second-order valence-corrected chi connectivity index (χ2v) is 2.47. The smallest absolute Gasteiger partial charge is 0.358 e. The molecule has 0 saturated heterocycles. The number of rotatable bonds is 4. The van der Waals surface area contributed by atoms with E-state index in [0.717, 1.165) is 6.42 Å². The van der Waals surface area contributed by atoms with Gasteiger partial charge in [-0.3, -0.25) is 4.79 Å². The van der Waals surface area contributed by atoms with Crippen molar-refractivity contribution in [3.63, 3.8) is 0 Å². The minimum Gasteiger partial charge on any atom is -0.476 e. The van der Waals surface area contributed by atoms with Crippen LogP contribution in [0, 0.1) is 0 Å². The quantitative estimate of drug-likeness (QED) is 0.674. The summed E-state index contributed by atoms with van der Waals surface area (Å²) < 4.78 is 1.29. The zero-order valence-electron chi connectivity index (χ0n) is 7.10. The van der Waals surface area contributed by atoms with Gasteiger partial charge < -0.3 is 5.11 Å². The minimum atomic E-state index is -1.23. The predicted octanol–water partition coefficient (Wildman–Crippen LogP) is 0.199. The number of carboxylic acid groups (broad SMARTS) is 1. The number of carbonyl (C=O) groups excluding carboxylic acids is 1. The molecule has 6 heteroatoms. The van der Waals surface area contributed by atoms with Gasteiger partial charge in [-0.1, -0.05) is 12.1 Å². The molecule has 0 spiro atoms. The molecule has 0 aliphatic rings. The van der Waals surface area contributed by atoms with Crippen molar-refractivity contribution in [3.05, 3.63) is 11.4 Å². The first-order valence-electron chi connectivity index (χ1n) is 3.82. The Morgan fingerprint density at radius 1 is 1.69 bits per heavy atom. The highest BCUT2D eigenvalue weighted by Gasteiger charge is 2.17. The third-order valence-electron chi connectivity index (χ3n) is 1.52. The monoisotopic (exact) mass is 183 g/mol. The van der Waals surface area contributed by atoms with Crippen LogP contribution in [-0.4, -0.2) is 32.4 Å². The Kier molecular flexibility index (Phi) is 2.73. The average Bonchev–Trinajstić information content (AvgIpc) is 2.48.